The minimum absolute atomic E-state index is 0.389. The molecule has 82 valence electrons. The highest BCUT2D eigenvalue weighted by molar-refractivity contribution is 4.75. The van der Waals surface area contributed by atoms with E-state index in [1.165, 1.54) is 32.4 Å². The van der Waals surface area contributed by atoms with Gasteiger partial charge >= 0.3 is 0 Å². The zero-order valence-corrected chi connectivity index (χ0v) is 8.91. The van der Waals surface area contributed by atoms with Gasteiger partial charge in [0.2, 0.25) is 0 Å². The van der Waals surface area contributed by atoms with Crippen molar-refractivity contribution in [3.63, 3.8) is 0 Å². The topological polar surface area (TPSA) is 44.5 Å². The molecule has 2 saturated heterocycles. The van der Waals surface area contributed by atoms with E-state index in [-0.39, 0.29) is 0 Å². The maximum atomic E-state index is 5.99. The summed E-state index contributed by atoms with van der Waals surface area (Å²) in [4.78, 5) is 0. The van der Waals surface area contributed by atoms with Crippen LogP contribution in [0.25, 0.3) is 0 Å². The molecule has 3 N–H and O–H groups in total. The van der Waals surface area contributed by atoms with Crippen LogP contribution in [0.5, 0.6) is 0 Å². The fourth-order valence-corrected chi connectivity index (χ4v) is 2.36. The average molecular weight is 198 g/mol. The van der Waals surface area contributed by atoms with Gasteiger partial charge in [0.15, 0.2) is 0 Å². The first-order valence-corrected chi connectivity index (χ1v) is 5.82. The first kappa shape index (κ1) is 10.4. The molecule has 2 aliphatic heterocycles. The predicted octanol–water partition coefficient (Wildman–Crippen LogP) is -0.380. The van der Waals surface area contributed by atoms with Crippen molar-refractivity contribution in [1.82, 2.24) is 15.3 Å². The summed E-state index contributed by atoms with van der Waals surface area (Å²) in [6, 6.07) is 0.389. The van der Waals surface area contributed by atoms with E-state index in [1.54, 1.807) is 0 Å². The maximum absolute atomic E-state index is 5.99. The summed E-state index contributed by atoms with van der Waals surface area (Å²) in [6.07, 6.45) is 3.71. The van der Waals surface area contributed by atoms with E-state index in [0.29, 0.717) is 6.04 Å². The highest BCUT2D eigenvalue weighted by atomic mass is 15.6. The Hall–Kier alpha value is -0.160. The van der Waals surface area contributed by atoms with E-state index in [2.05, 4.69) is 15.3 Å². The van der Waals surface area contributed by atoms with Crippen molar-refractivity contribution in [3.05, 3.63) is 0 Å². The first-order chi connectivity index (χ1) is 6.86. The summed E-state index contributed by atoms with van der Waals surface area (Å²) in [5.74, 6) is 0. The van der Waals surface area contributed by atoms with E-state index in [4.69, 9.17) is 5.73 Å². The predicted molar refractivity (Wildman–Crippen MR) is 57.8 cm³/mol. The smallest absolute Gasteiger partial charge is 0.0285 e. The van der Waals surface area contributed by atoms with Crippen molar-refractivity contribution in [2.24, 2.45) is 5.73 Å². The van der Waals surface area contributed by atoms with Crippen LogP contribution in [-0.4, -0.2) is 55.3 Å². The lowest BCUT2D eigenvalue weighted by Gasteiger charge is -2.38. The van der Waals surface area contributed by atoms with Gasteiger partial charge in [-0.05, 0) is 25.8 Å². The average Bonchev–Trinajstić information content (AvgIpc) is 2.45. The number of piperidine rings is 1. The standard InChI is InChI=1S/C10H22N4/c11-10-3-1-6-14(9-10)13-7-2-4-12-5-8-13/h10,12H,1-9,11H2. The monoisotopic (exact) mass is 198 g/mol. The Morgan fingerprint density at radius 3 is 2.71 bits per heavy atom. The molecule has 4 heteroatoms. The van der Waals surface area contributed by atoms with Crippen LogP contribution < -0.4 is 11.1 Å². The summed E-state index contributed by atoms with van der Waals surface area (Å²) in [5, 5.41) is 8.37. The van der Waals surface area contributed by atoms with Gasteiger partial charge in [0.1, 0.15) is 0 Å². The fourth-order valence-electron chi connectivity index (χ4n) is 2.36. The van der Waals surface area contributed by atoms with E-state index >= 15 is 0 Å². The molecule has 2 fully saturated rings. The number of nitrogens with two attached hydrogens (primary N) is 1. The normalized spacial score (nSPS) is 32.8. The Kier molecular flexibility index (Phi) is 3.75. The molecule has 1 atom stereocenters. The molecule has 0 aliphatic carbocycles. The van der Waals surface area contributed by atoms with Gasteiger partial charge in [0.25, 0.3) is 0 Å². The van der Waals surface area contributed by atoms with Crippen LogP contribution in [0.3, 0.4) is 0 Å². The Labute approximate surface area is 86.4 Å². The van der Waals surface area contributed by atoms with Crippen LogP contribution >= 0.6 is 0 Å². The van der Waals surface area contributed by atoms with Crippen LogP contribution in [-0.2, 0) is 0 Å². The van der Waals surface area contributed by atoms with Gasteiger partial charge in [0.05, 0.1) is 0 Å². The van der Waals surface area contributed by atoms with E-state index in [0.717, 1.165) is 26.2 Å². The third-order valence-corrected chi connectivity index (χ3v) is 3.15. The van der Waals surface area contributed by atoms with Crippen LogP contribution in [0.2, 0.25) is 0 Å². The number of hydrogen-bond acceptors (Lipinski definition) is 4. The van der Waals surface area contributed by atoms with Crippen molar-refractivity contribution >= 4 is 0 Å². The quantitative estimate of drug-likeness (QED) is 0.603. The van der Waals surface area contributed by atoms with Crippen molar-refractivity contribution in [2.75, 3.05) is 39.3 Å². The molecule has 0 aromatic carbocycles. The molecule has 1 unspecified atom stereocenters. The second-order valence-corrected chi connectivity index (χ2v) is 4.37. The molecule has 0 radical (unpaired) electrons. The Morgan fingerprint density at radius 1 is 1.00 bits per heavy atom. The zero-order chi connectivity index (χ0) is 9.80. The van der Waals surface area contributed by atoms with Crippen LogP contribution in [0.15, 0.2) is 0 Å². The SMILES string of the molecule is NC1CCCN(N2CCCNCC2)C1. The van der Waals surface area contributed by atoms with Crippen molar-refractivity contribution in [2.45, 2.75) is 25.3 Å². The molecule has 2 rings (SSSR count). The number of nitrogens with zero attached hydrogens (tertiary/aromatic N) is 2. The third-order valence-electron chi connectivity index (χ3n) is 3.15. The number of rotatable bonds is 1. The number of hydrogen-bond donors (Lipinski definition) is 2. The molecule has 0 aromatic rings. The molecular weight excluding hydrogens is 176 g/mol. The molecule has 0 bridgehead atoms. The van der Waals surface area contributed by atoms with Gasteiger partial charge in [-0.2, -0.15) is 0 Å². The minimum atomic E-state index is 0.389. The lowest BCUT2D eigenvalue weighted by atomic mass is 10.1. The van der Waals surface area contributed by atoms with Crippen molar-refractivity contribution in [1.29, 1.82) is 0 Å². The minimum Gasteiger partial charge on any atom is -0.326 e. The highest BCUT2D eigenvalue weighted by Gasteiger charge is 2.22. The maximum Gasteiger partial charge on any atom is 0.0285 e. The molecule has 4 nitrogen and oxygen atoms in total. The fraction of sp³-hybridized carbons (Fsp3) is 1.00. The summed E-state index contributed by atoms with van der Waals surface area (Å²) in [6.45, 7) is 6.88. The Bertz CT molecular complexity index is 166. The van der Waals surface area contributed by atoms with Gasteiger partial charge in [-0.1, -0.05) is 0 Å². The molecule has 0 saturated carbocycles. The van der Waals surface area contributed by atoms with Crippen molar-refractivity contribution < 1.29 is 0 Å². The summed E-state index contributed by atoms with van der Waals surface area (Å²) in [7, 11) is 0. The molecule has 0 spiro atoms. The zero-order valence-electron chi connectivity index (χ0n) is 8.91. The number of hydrazine groups is 1. The van der Waals surface area contributed by atoms with Gasteiger partial charge in [0, 0.05) is 38.8 Å². The third kappa shape index (κ3) is 2.67. The Balaban J connectivity index is 1.85. The van der Waals surface area contributed by atoms with Crippen LogP contribution in [0.1, 0.15) is 19.3 Å². The Morgan fingerprint density at radius 2 is 1.86 bits per heavy atom. The lowest BCUT2D eigenvalue weighted by Crippen LogP contribution is -2.52. The number of nitrogens with one attached hydrogen (secondary N) is 1. The van der Waals surface area contributed by atoms with Gasteiger partial charge in [-0.25, -0.2) is 10.0 Å². The summed E-state index contributed by atoms with van der Waals surface area (Å²) < 4.78 is 0. The molecule has 0 aromatic heterocycles. The van der Waals surface area contributed by atoms with E-state index < -0.39 is 0 Å². The van der Waals surface area contributed by atoms with Crippen LogP contribution in [0.4, 0.5) is 0 Å². The van der Waals surface area contributed by atoms with E-state index in [1.807, 2.05) is 0 Å². The van der Waals surface area contributed by atoms with Crippen LogP contribution in [0, 0.1) is 0 Å². The second-order valence-electron chi connectivity index (χ2n) is 4.37. The summed E-state index contributed by atoms with van der Waals surface area (Å²) >= 11 is 0. The van der Waals surface area contributed by atoms with Gasteiger partial charge < -0.3 is 11.1 Å². The molecule has 0 amide bonds. The highest BCUT2D eigenvalue weighted by Crippen LogP contribution is 2.11. The molecule has 2 heterocycles. The largest absolute Gasteiger partial charge is 0.326 e. The summed E-state index contributed by atoms with van der Waals surface area (Å²) in [5.41, 5.74) is 5.99. The molecular formula is C10H22N4. The van der Waals surface area contributed by atoms with Crippen molar-refractivity contribution in [3.8, 4) is 0 Å². The second kappa shape index (κ2) is 5.07. The van der Waals surface area contributed by atoms with E-state index in [9.17, 15) is 0 Å². The first-order valence-electron chi connectivity index (χ1n) is 5.82. The molecule has 2 aliphatic rings. The molecule has 14 heavy (non-hydrogen) atoms. The van der Waals surface area contributed by atoms with Gasteiger partial charge in [-0.15, -0.1) is 0 Å². The lowest BCUT2D eigenvalue weighted by molar-refractivity contribution is -0.0392. The van der Waals surface area contributed by atoms with Gasteiger partial charge in [-0.3, -0.25) is 0 Å².